The Balaban J connectivity index is 0.000000109. The van der Waals surface area contributed by atoms with Gasteiger partial charge >= 0.3 is 0 Å². The largest absolute Gasteiger partial charge is 0.293 e. The van der Waals surface area contributed by atoms with Gasteiger partial charge < -0.3 is 0 Å². The minimum absolute atomic E-state index is 0. The molecule has 6 heterocycles. The monoisotopic (exact) mass is 2500 g/mol. The van der Waals surface area contributed by atoms with E-state index in [0.29, 0.717) is 0 Å². The number of nitrogens with zero attached hydrogens (tertiary/aromatic N) is 9. The van der Waals surface area contributed by atoms with Crippen LogP contribution in [0.2, 0.25) is 0 Å². The first-order chi connectivity index (χ1) is 71.4. The first-order valence-electron chi connectivity index (χ1n) is 49.0. The van der Waals surface area contributed by atoms with Gasteiger partial charge in [0.1, 0.15) is 0 Å². The maximum atomic E-state index is 5.14. The molecule has 0 spiro atoms. The van der Waals surface area contributed by atoms with Crippen molar-refractivity contribution in [3.8, 4) is 144 Å². The van der Waals surface area contributed by atoms with Crippen molar-refractivity contribution < 1.29 is 60.3 Å². The molecule has 3 aliphatic carbocycles. The summed E-state index contributed by atoms with van der Waals surface area (Å²) in [4.78, 5) is 42.8. The molecule has 28 rings (SSSR count). The summed E-state index contributed by atoms with van der Waals surface area (Å²) in [7, 11) is 0. The third-order valence-electron chi connectivity index (χ3n) is 27.9. The molecule has 0 atom stereocenters. The number of thiazole rings is 3. The quantitative estimate of drug-likeness (QED) is 0.123. The first kappa shape index (κ1) is 101. The second-order valence-electron chi connectivity index (χ2n) is 38.2. The van der Waals surface area contributed by atoms with Crippen LogP contribution in [0.5, 0.6) is 0 Å². The first-order valence-corrected chi connectivity index (χ1v) is 51.4. The van der Waals surface area contributed by atoms with Crippen molar-refractivity contribution in [2.75, 3.05) is 0 Å². The molecule has 727 valence electrons. The van der Waals surface area contributed by atoms with E-state index in [1.807, 2.05) is 140 Å². The Kier molecular flexibility index (Phi) is 29.6. The fourth-order valence-corrected chi connectivity index (χ4v) is 23.1. The van der Waals surface area contributed by atoms with Crippen LogP contribution in [0.4, 0.5) is 0 Å². The molecule has 0 aliphatic heterocycles. The van der Waals surface area contributed by atoms with Crippen molar-refractivity contribution in [3.05, 3.63) is 512 Å². The summed E-state index contributed by atoms with van der Waals surface area (Å²) in [6.45, 7) is 18.0. The molecule has 0 saturated heterocycles. The second kappa shape index (κ2) is 43.7. The molecule has 9 nitrogen and oxygen atoms in total. The topological polar surface area (TPSA) is 116 Å². The molecule has 0 saturated carbocycles. The van der Waals surface area contributed by atoms with E-state index in [4.69, 9.17) is 34.9 Å². The van der Waals surface area contributed by atoms with E-state index in [0.717, 1.165) is 121 Å². The van der Waals surface area contributed by atoms with Gasteiger partial charge in [0.05, 0.1) is 56.0 Å². The van der Waals surface area contributed by atoms with Crippen molar-refractivity contribution in [3.63, 3.8) is 0 Å². The van der Waals surface area contributed by atoms with Gasteiger partial charge in [-0.3, -0.25) is 44.9 Å². The van der Waals surface area contributed by atoms with Crippen LogP contribution < -0.4 is 0 Å². The predicted molar refractivity (Wildman–Crippen MR) is 607 cm³/mol. The molecule has 0 unspecified atom stereocenters. The summed E-state index contributed by atoms with van der Waals surface area (Å²) >= 11 is 5.14. The molecule has 0 N–H and O–H groups in total. The van der Waals surface area contributed by atoms with E-state index in [9.17, 15) is 0 Å². The smallest absolute Gasteiger partial charge is 0.0867 e. The van der Waals surface area contributed by atoms with Gasteiger partial charge in [-0.2, -0.15) is 34.0 Å². The molecule has 0 amide bonds. The minimum Gasteiger partial charge on any atom is -0.293 e. The van der Waals surface area contributed by atoms with Gasteiger partial charge in [0, 0.05) is 124 Å². The van der Waals surface area contributed by atoms with E-state index < -0.39 is 0 Å². The molecule has 19 aromatic carbocycles. The molecule has 15 heteroatoms. The maximum Gasteiger partial charge on any atom is 0.0867 e. The number of benzene rings is 19. The van der Waals surface area contributed by atoms with Gasteiger partial charge in [-0.15, -0.1) is 194 Å². The van der Waals surface area contributed by atoms with E-state index in [1.165, 1.54) is 131 Å². The van der Waals surface area contributed by atoms with Crippen molar-refractivity contribution in [2.24, 2.45) is 0 Å². The molecular weight excluding hydrogens is 2410 g/mol. The maximum absolute atomic E-state index is 5.14. The fourth-order valence-electron chi connectivity index (χ4n) is 20.3. The van der Waals surface area contributed by atoms with Gasteiger partial charge in [-0.05, 0) is 152 Å². The summed E-state index contributed by atoms with van der Waals surface area (Å²) in [5.74, 6) is 1.44. The average Bonchev–Trinajstić information content (AvgIpc) is 1.59. The zero-order valence-corrected chi connectivity index (χ0v) is 92.4. The molecule has 3 radical (unpaired) electrons. The van der Waals surface area contributed by atoms with Crippen LogP contribution in [0.15, 0.2) is 431 Å². The van der Waals surface area contributed by atoms with Crippen molar-refractivity contribution in [1.29, 1.82) is 0 Å². The van der Waals surface area contributed by atoms with Crippen LogP contribution in [0.3, 0.4) is 0 Å². The fraction of sp³-hybridized carbons (Fsp3) is 0.0821. The van der Waals surface area contributed by atoms with Gasteiger partial charge in [0.15, 0.2) is 0 Å². The number of aryl methyl sites for hydroxylation is 2. The molecule has 149 heavy (non-hydrogen) atoms. The number of fused-ring (bicyclic) bond motifs is 15. The Morgan fingerprint density at radius 2 is 0.584 bits per heavy atom. The average molecular weight is 2500 g/mol. The van der Waals surface area contributed by atoms with Crippen molar-refractivity contribution in [2.45, 2.75) is 71.6 Å². The predicted octanol–water partition coefficient (Wildman–Crippen LogP) is 34.8. The standard InChI is InChI=1S/C31H25N2.2C23H17N2.3C19H12NS.3Ir/c1-19-10-9-11-20(2)28(19)29-23-13-6-8-15-27(23)32-30(33-29)21-16-17-26-24(18-21)22-12-5-7-14-25(22)31(26,3)4;1-23(2)19-9-5-4-8-17(19)18-13-15(11-12-20(18)23)22-24-14-16-7-3-6-10-21(16)25-22;1-23(2)18-8-4-3-7-16(18)17-13-15(11-12-19(17)23)22-14-24-20-9-5-6-10-21(20)25-22;3*1-2-7-14(8-3-1)15-9-6-10-16(13-15)19-20-17-11-4-5-12-18(17)21-19;;;/h5-15,17-18H,1-4H3;2*3-10,12-14H,1-2H3;3*1-9,11-13H;;;/q6*-1;;;. The van der Waals surface area contributed by atoms with Crippen LogP contribution in [0.25, 0.3) is 207 Å². The zero-order chi connectivity index (χ0) is 99.0. The van der Waals surface area contributed by atoms with Crippen LogP contribution in [0.1, 0.15) is 86.1 Å². The van der Waals surface area contributed by atoms with Crippen LogP contribution in [-0.2, 0) is 76.6 Å². The van der Waals surface area contributed by atoms with Crippen LogP contribution in [0, 0.1) is 50.2 Å². The van der Waals surface area contributed by atoms with Gasteiger partial charge in [-0.25, -0.2) is 0 Å². The van der Waals surface area contributed by atoms with Crippen molar-refractivity contribution >= 4 is 97.5 Å². The summed E-state index contributed by atoms with van der Waals surface area (Å²) < 4.78 is 3.64. The van der Waals surface area contributed by atoms with Crippen LogP contribution in [-0.4, -0.2) is 44.9 Å². The molecule has 0 bridgehead atoms. The third kappa shape index (κ3) is 20.5. The molecular formula is C134H95Ir3N9S3-6. The second-order valence-corrected chi connectivity index (χ2v) is 41.3. The Hall–Kier alpha value is -15.2. The SMILES string of the molecule is CC1(C)c2c[c-]c(-c3cnc4ccccc4n3)cc2-c2ccccc21.CC1(C)c2c[c-]c(-c3ncc4ccccc4n3)cc2-c2ccccc21.Cc1cccc(C)c1-c1nc(-c2[c-]cc3c(c2)-c2ccccc2C3(C)C)nc2ccccc12.[Ir].[Ir].[Ir].[c-]1ccc(-c2ccccc2)cc1-c1nc2ccccc2s1.[c-]1ccc(-c2ccccc2)cc1-c1nc2ccccc2s1.[c-]1ccc(-c2ccccc2)cc1-c1nc2ccccc2s1. The zero-order valence-electron chi connectivity index (χ0n) is 82.7. The molecule has 0 fully saturated rings. The molecule has 3 aliphatic rings. The van der Waals surface area contributed by atoms with Crippen molar-refractivity contribution in [1.82, 2.24) is 44.9 Å². The number of para-hydroxylation sites is 7. The van der Waals surface area contributed by atoms with Crippen LogP contribution >= 0.6 is 34.0 Å². The summed E-state index contributed by atoms with van der Waals surface area (Å²) in [5.41, 5.74) is 41.4. The Labute approximate surface area is 921 Å². The Bertz CT molecular complexity index is 8570. The summed E-state index contributed by atoms with van der Waals surface area (Å²) in [6, 6.07) is 165. The summed E-state index contributed by atoms with van der Waals surface area (Å²) in [5, 5.41) is 5.20. The van der Waals surface area contributed by atoms with Gasteiger partial charge in [0.2, 0.25) is 0 Å². The van der Waals surface area contributed by atoms with E-state index >= 15 is 0 Å². The van der Waals surface area contributed by atoms with E-state index in [-0.39, 0.29) is 76.6 Å². The van der Waals surface area contributed by atoms with E-state index in [1.54, 1.807) is 34.0 Å². The van der Waals surface area contributed by atoms with E-state index in [2.05, 4.69) is 393 Å². The third-order valence-corrected chi connectivity index (χ3v) is 31.1. The number of hydrogen-bond acceptors (Lipinski definition) is 12. The number of hydrogen-bond donors (Lipinski definition) is 0. The minimum atomic E-state index is -0.0331. The summed E-state index contributed by atoms with van der Waals surface area (Å²) in [6.07, 6.45) is 3.73. The Morgan fingerprint density at radius 3 is 1.02 bits per heavy atom. The molecule has 25 aromatic rings. The number of aromatic nitrogens is 9. The van der Waals surface area contributed by atoms with Gasteiger partial charge in [-0.1, -0.05) is 325 Å². The Morgan fingerprint density at radius 1 is 0.235 bits per heavy atom. The van der Waals surface area contributed by atoms with Gasteiger partial charge in [0.25, 0.3) is 0 Å². The normalized spacial score (nSPS) is 12.4. The number of rotatable bonds is 10. The molecule has 6 aromatic heterocycles.